The minimum atomic E-state index is -2.10. The summed E-state index contributed by atoms with van der Waals surface area (Å²) < 4.78 is 24.8. The van der Waals surface area contributed by atoms with E-state index in [1.807, 2.05) is 0 Å². The van der Waals surface area contributed by atoms with Gasteiger partial charge >= 0.3 is 0 Å². The number of phenols is 2. The number of aromatic hydroxyl groups is 2. The number of rotatable bonds is 0. The first kappa shape index (κ1) is 23.6. The number of phenolic OH excluding ortho intramolecular Hbond substituents is 2. The van der Waals surface area contributed by atoms with Crippen LogP contribution in [0.15, 0.2) is 0 Å². The number of carbonyl (C=O) groups excluding carboxylic acids is 2. The van der Waals surface area contributed by atoms with Crippen molar-refractivity contribution in [3.05, 3.63) is 44.5 Å². The molecule has 0 spiro atoms. The number of hydrogen-bond acceptors (Lipinski definition) is 10. The van der Waals surface area contributed by atoms with Crippen molar-refractivity contribution >= 4 is 33.1 Å². The molecule has 10 heteroatoms. The van der Waals surface area contributed by atoms with Crippen LogP contribution in [-0.4, -0.2) is 44.2 Å². The fourth-order valence-corrected chi connectivity index (χ4v) is 8.67. The highest BCUT2D eigenvalue weighted by Gasteiger charge is 2.59. The molecule has 0 aromatic heterocycles. The van der Waals surface area contributed by atoms with Gasteiger partial charge in [0.15, 0.2) is 11.6 Å². The maximum Gasteiger partial charge on any atom is 0.201 e. The first-order valence-corrected chi connectivity index (χ1v) is 13.7. The van der Waals surface area contributed by atoms with Gasteiger partial charge in [-0.1, -0.05) is 0 Å². The van der Waals surface area contributed by atoms with Crippen molar-refractivity contribution in [1.82, 2.24) is 0 Å². The molecule has 0 saturated heterocycles. The lowest BCUT2D eigenvalue weighted by Crippen LogP contribution is -2.48. The maximum atomic E-state index is 13.8. The van der Waals surface area contributed by atoms with Crippen LogP contribution in [0, 0.1) is 0 Å². The van der Waals surface area contributed by atoms with Gasteiger partial charge in [-0.25, -0.2) is 0 Å². The van der Waals surface area contributed by atoms with Gasteiger partial charge in [0.25, 0.3) is 0 Å². The average Bonchev–Trinajstić information content (AvgIpc) is 2.85. The molecule has 0 amide bonds. The monoisotopic (exact) mass is 546 g/mol. The van der Waals surface area contributed by atoms with E-state index in [4.69, 9.17) is 18.9 Å². The molecule has 0 radical (unpaired) electrons. The molecule has 0 saturated carbocycles. The van der Waals surface area contributed by atoms with E-state index in [1.54, 1.807) is 27.7 Å². The van der Waals surface area contributed by atoms with Crippen LogP contribution in [0.2, 0.25) is 0 Å². The molecule has 6 aliphatic rings. The Hall–Kier alpha value is -3.12. The third kappa shape index (κ3) is 2.27. The first-order valence-electron chi connectivity index (χ1n) is 13.7. The summed E-state index contributed by atoms with van der Waals surface area (Å²) >= 11 is 0. The minimum Gasteiger partial charge on any atom is -0.507 e. The molecule has 40 heavy (non-hydrogen) atoms. The molecule has 206 valence electrons. The summed E-state index contributed by atoms with van der Waals surface area (Å²) in [4.78, 5) is 27.6. The molecule has 2 aliphatic carbocycles. The summed E-state index contributed by atoms with van der Waals surface area (Å²) in [5, 5.41) is 49.1. The van der Waals surface area contributed by atoms with Crippen molar-refractivity contribution in [2.24, 2.45) is 0 Å². The predicted molar refractivity (Wildman–Crippen MR) is 136 cm³/mol. The van der Waals surface area contributed by atoms with Crippen LogP contribution in [0.4, 0.5) is 0 Å². The Labute approximate surface area is 227 Å². The van der Waals surface area contributed by atoms with Gasteiger partial charge in [0, 0.05) is 44.2 Å². The van der Waals surface area contributed by atoms with Gasteiger partial charge in [0.1, 0.15) is 23.7 Å². The van der Waals surface area contributed by atoms with E-state index in [2.05, 4.69) is 0 Å². The van der Waals surface area contributed by atoms with E-state index in [-0.39, 0.29) is 44.5 Å². The van der Waals surface area contributed by atoms with Gasteiger partial charge in [-0.05, 0) is 38.5 Å². The van der Waals surface area contributed by atoms with E-state index in [9.17, 15) is 30.0 Å². The zero-order valence-corrected chi connectivity index (χ0v) is 22.1. The Morgan fingerprint density at radius 3 is 1.38 bits per heavy atom. The number of aliphatic hydroxyl groups is 2. The molecule has 4 N–H and O–H groups in total. The molecule has 0 bridgehead atoms. The van der Waals surface area contributed by atoms with Crippen molar-refractivity contribution in [2.45, 2.75) is 88.7 Å². The number of Topliss-reactive ketones (excluding diaryl/α,β-unsaturated/α-hetero) is 2. The minimum absolute atomic E-state index is 0.0232. The highest BCUT2D eigenvalue weighted by molar-refractivity contribution is 6.26. The van der Waals surface area contributed by atoms with E-state index in [0.717, 1.165) is 0 Å². The lowest BCUT2D eigenvalue weighted by molar-refractivity contribution is -0.271. The Kier molecular flexibility index (Phi) is 3.93. The number of ether oxygens (including phenoxy) is 4. The van der Waals surface area contributed by atoms with Crippen LogP contribution >= 0.6 is 0 Å². The van der Waals surface area contributed by atoms with Gasteiger partial charge in [0.2, 0.25) is 11.6 Å². The Morgan fingerprint density at radius 2 is 1.00 bits per heavy atom. The second kappa shape index (κ2) is 6.67. The third-order valence-electron chi connectivity index (χ3n) is 9.96. The molecule has 10 nitrogen and oxygen atoms in total. The molecular weight excluding hydrogens is 520 g/mol. The van der Waals surface area contributed by atoms with Crippen LogP contribution in [-0.2, 0) is 30.5 Å². The van der Waals surface area contributed by atoms with Crippen LogP contribution in [0.1, 0.15) is 119 Å². The molecule has 8 unspecified atom stereocenters. The van der Waals surface area contributed by atoms with Crippen molar-refractivity contribution in [3.8, 4) is 11.5 Å². The van der Waals surface area contributed by atoms with E-state index in [1.165, 1.54) is 0 Å². The van der Waals surface area contributed by atoms with Gasteiger partial charge < -0.3 is 39.4 Å². The Morgan fingerprint density at radius 1 is 0.625 bits per heavy atom. The number of carbonyl (C=O) groups is 2. The summed E-state index contributed by atoms with van der Waals surface area (Å²) in [5.74, 6) is -5.73. The summed E-state index contributed by atoms with van der Waals surface area (Å²) in [6.07, 6.45) is -5.02. The average molecular weight is 547 g/mol. The second-order valence-electron chi connectivity index (χ2n) is 12.2. The molecule has 3 aromatic carbocycles. The maximum absolute atomic E-state index is 13.8. The zero-order chi connectivity index (χ0) is 27.9. The summed E-state index contributed by atoms with van der Waals surface area (Å²) in [7, 11) is 0. The van der Waals surface area contributed by atoms with Crippen molar-refractivity contribution in [2.75, 3.05) is 0 Å². The number of benzene rings is 3. The number of ketones is 2. The van der Waals surface area contributed by atoms with Crippen LogP contribution in [0.3, 0.4) is 0 Å². The van der Waals surface area contributed by atoms with Crippen molar-refractivity contribution < 1.29 is 49.0 Å². The number of hydrogen-bond donors (Lipinski definition) is 4. The van der Waals surface area contributed by atoms with Gasteiger partial charge in [-0.15, -0.1) is 0 Å². The highest BCUT2D eigenvalue weighted by Crippen LogP contribution is 2.66. The van der Waals surface area contributed by atoms with Gasteiger partial charge in [-0.3, -0.25) is 9.59 Å². The lowest BCUT2D eigenvalue weighted by Gasteiger charge is -2.52. The quantitative estimate of drug-likeness (QED) is 0.305. The lowest BCUT2D eigenvalue weighted by atomic mass is 9.66. The normalized spacial score (nSPS) is 38.1. The van der Waals surface area contributed by atoms with E-state index < -0.39 is 72.6 Å². The largest absolute Gasteiger partial charge is 0.507 e. The van der Waals surface area contributed by atoms with Crippen LogP contribution in [0.5, 0.6) is 11.5 Å². The van der Waals surface area contributed by atoms with Crippen LogP contribution in [0.25, 0.3) is 21.5 Å². The SMILES string of the molecule is CC1OC(C)C2OC3(O)CC(=O)c4c(O)c5c6c7c8c9c(c(O)c1c2c9c3c47)C(=O)CC8(O)OC6C(C)OC5C. The topological polar surface area (TPSA) is 152 Å². The second-order valence-corrected chi connectivity index (χ2v) is 12.2. The third-order valence-corrected chi connectivity index (χ3v) is 9.96. The molecule has 8 atom stereocenters. The molecule has 4 aliphatic heterocycles. The van der Waals surface area contributed by atoms with E-state index >= 15 is 0 Å². The van der Waals surface area contributed by atoms with Crippen molar-refractivity contribution in [1.29, 1.82) is 0 Å². The zero-order valence-electron chi connectivity index (χ0n) is 22.1. The predicted octanol–water partition coefficient (Wildman–Crippen LogP) is 3.97. The molecule has 0 fully saturated rings. The summed E-state index contributed by atoms with van der Waals surface area (Å²) in [6, 6.07) is 0. The molecule has 9 rings (SSSR count). The van der Waals surface area contributed by atoms with Crippen molar-refractivity contribution in [3.63, 3.8) is 0 Å². The van der Waals surface area contributed by atoms with Gasteiger partial charge in [-0.2, -0.15) is 0 Å². The highest BCUT2D eigenvalue weighted by atomic mass is 16.7. The smallest absolute Gasteiger partial charge is 0.201 e. The fraction of sp³-hybridized carbons (Fsp3) is 0.467. The van der Waals surface area contributed by atoms with E-state index in [0.29, 0.717) is 33.0 Å². The Bertz CT molecular complexity index is 1710. The standard InChI is InChI=1S/C30H26O10/c1-7-13-21-19-17-15(25(13)33)11(31)5-30(36)24(17)20-18-16(26(34)14-8(2)38-10(4)28(40-30)22(14)20)12(32)6-29(35,23(18)19)39-27(21)9(3)37-7/h7-10,27-28,33-36H,5-6H2,1-4H3. The van der Waals surface area contributed by atoms with Gasteiger partial charge in [0.05, 0.1) is 48.4 Å². The Balaban J connectivity index is 1.66. The molecular formula is C30H26O10. The summed E-state index contributed by atoms with van der Waals surface area (Å²) in [6.45, 7) is 7.10. The van der Waals surface area contributed by atoms with Crippen LogP contribution < -0.4 is 0 Å². The molecule has 4 heterocycles. The first-order chi connectivity index (χ1) is 18.9. The summed E-state index contributed by atoms with van der Waals surface area (Å²) in [5.41, 5.74) is 2.40. The molecule has 3 aromatic rings. The fourth-order valence-electron chi connectivity index (χ4n) is 8.67.